The van der Waals surface area contributed by atoms with E-state index in [2.05, 4.69) is 16.8 Å². The second-order valence-corrected chi connectivity index (χ2v) is 7.90. The summed E-state index contributed by atoms with van der Waals surface area (Å²) in [6, 6.07) is 19.8. The highest BCUT2D eigenvalue weighted by Crippen LogP contribution is 2.27. The topological polar surface area (TPSA) is 53.7 Å². The van der Waals surface area contributed by atoms with E-state index in [1.807, 2.05) is 41.3 Å². The maximum Gasteiger partial charge on any atom is 0.272 e. The monoisotopic (exact) mass is 429 g/mol. The molecule has 1 fully saturated rings. The van der Waals surface area contributed by atoms with Crippen molar-refractivity contribution in [2.24, 2.45) is 0 Å². The number of carbonyl (C=O) groups is 1. The van der Waals surface area contributed by atoms with Crippen LogP contribution < -0.4 is 0 Å². The van der Waals surface area contributed by atoms with Gasteiger partial charge in [0.25, 0.3) is 5.91 Å². The number of rotatable bonds is 4. The van der Waals surface area contributed by atoms with Crippen LogP contribution >= 0.6 is 0 Å². The zero-order chi connectivity index (χ0) is 22.1. The molecular formula is C25H24FN5O. The van der Waals surface area contributed by atoms with Crippen molar-refractivity contribution < 1.29 is 9.18 Å². The van der Waals surface area contributed by atoms with Gasteiger partial charge in [-0.05, 0) is 24.7 Å². The lowest BCUT2D eigenvalue weighted by atomic mass is 10.1. The van der Waals surface area contributed by atoms with E-state index >= 15 is 0 Å². The van der Waals surface area contributed by atoms with E-state index in [1.165, 1.54) is 6.07 Å². The zero-order valence-electron chi connectivity index (χ0n) is 17.9. The molecule has 1 amide bonds. The highest BCUT2D eigenvalue weighted by molar-refractivity contribution is 5.94. The molecule has 0 saturated carbocycles. The lowest BCUT2D eigenvalue weighted by molar-refractivity contribution is 0.0638. The van der Waals surface area contributed by atoms with Crippen molar-refractivity contribution in [3.63, 3.8) is 0 Å². The van der Waals surface area contributed by atoms with E-state index in [4.69, 9.17) is 5.10 Å². The summed E-state index contributed by atoms with van der Waals surface area (Å²) in [6.07, 6.45) is 0. The Balaban J connectivity index is 1.61. The van der Waals surface area contributed by atoms with Gasteiger partial charge in [-0.1, -0.05) is 49.4 Å². The molecule has 2 aromatic heterocycles. The number of hydrogen-bond acceptors (Lipinski definition) is 4. The van der Waals surface area contributed by atoms with Gasteiger partial charge in [-0.3, -0.25) is 4.79 Å². The van der Waals surface area contributed by atoms with Gasteiger partial charge < -0.3 is 9.80 Å². The van der Waals surface area contributed by atoms with E-state index in [0.717, 1.165) is 30.9 Å². The first kappa shape index (κ1) is 20.3. The van der Waals surface area contributed by atoms with Crippen LogP contribution in [0.5, 0.6) is 0 Å². The number of piperazine rings is 1. The van der Waals surface area contributed by atoms with Crippen LogP contribution in [-0.2, 0) is 0 Å². The van der Waals surface area contributed by atoms with Gasteiger partial charge in [0.2, 0.25) is 0 Å². The van der Waals surface area contributed by atoms with Gasteiger partial charge in [0.15, 0.2) is 5.65 Å². The molecule has 0 unspecified atom stereocenters. The third-order valence-corrected chi connectivity index (χ3v) is 5.97. The van der Waals surface area contributed by atoms with E-state index < -0.39 is 0 Å². The summed E-state index contributed by atoms with van der Waals surface area (Å²) in [5.41, 5.74) is 3.36. The maximum absolute atomic E-state index is 14.7. The van der Waals surface area contributed by atoms with Crippen molar-refractivity contribution in [2.75, 3.05) is 32.7 Å². The van der Waals surface area contributed by atoms with Crippen molar-refractivity contribution in [2.45, 2.75) is 6.92 Å². The summed E-state index contributed by atoms with van der Waals surface area (Å²) < 4.78 is 16.4. The van der Waals surface area contributed by atoms with Crippen molar-refractivity contribution in [3.8, 4) is 22.5 Å². The summed E-state index contributed by atoms with van der Waals surface area (Å²) in [4.78, 5) is 22.1. The Kier molecular flexibility index (Phi) is 5.41. The van der Waals surface area contributed by atoms with Crippen LogP contribution in [0.4, 0.5) is 4.39 Å². The normalized spacial score (nSPS) is 14.8. The lowest BCUT2D eigenvalue weighted by Crippen LogP contribution is -2.48. The van der Waals surface area contributed by atoms with E-state index in [1.54, 1.807) is 28.8 Å². The van der Waals surface area contributed by atoms with Crippen molar-refractivity contribution in [3.05, 3.63) is 78.2 Å². The predicted octanol–water partition coefficient (Wildman–Crippen LogP) is 3.98. The van der Waals surface area contributed by atoms with Crippen LogP contribution in [0.15, 0.2) is 66.7 Å². The molecule has 1 aliphatic heterocycles. The second kappa shape index (κ2) is 8.51. The van der Waals surface area contributed by atoms with Crippen molar-refractivity contribution in [1.82, 2.24) is 24.4 Å². The number of amides is 1. The summed E-state index contributed by atoms with van der Waals surface area (Å²) in [5.74, 6) is -0.505. The van der Waals surface area contributed by atoms with Gasteiger partial charge in [0, 0.05) is 43.4 Å². The van der Waals surface area contributed by atoms with Gasteiger partial charge >= 0.3 is 0 Å². The Labute approximate surface area is 185 Å². The molecule has 0 bridgehead atoms. The van der Waals surface area contributed by atoms with Crippen LogP contribution in [0.3, 0.4) is 0 Å². The third-order valence-electron chi connectivity index (χ3n) is 5.97. The number of fused-ring (bicyclic) bond motifs is 1. The molecule has 0 aliphatic carbocycles. The van der Waals surface area contributed by atoms with E-state index in [-0.39, 0.29) is 11.7 Å². The van der Waals surface area contributed by atoms with Crippen molar-refractivity contribution >= 4 is 11.6 Å². The zero-order valence-corrected chi connectivity index (χ0v) is 17.9. The number of carbonyl (C=O) groups excluding carboxylic acids is 1. The molecule has 0 radical (unpaired) electrons. The minimum atomic E-state index is -0.369. The number of halogens is 1. The molecule has 3 heterocycles. The molecule has 162 valence electrons. The molecule has 0 atom stereocenters. The molecule has 5 rings (SSSR count). The van der Waals surface area contributed by atoms with Crippen LogP contribution in [-0.4, -0.2) is 63.0 Å². The number of nitrogens with zero attached hydrogens (tertiary/aromatic N) is 5. The highest BCUT2D eigenvalue weighted by Gasteiger charge is 2.24. The fraction of sp³-hybridized carbons (Fsp3) is 0.240. The van der Waals surface area contributed by atoms with Crippen LogP contribution in [0, 0.1) is 5.82 Å². The van der Waals surface area contributed by atoms with Gasteiger partial charge in [-0.15, -0.1) is 0 Å². The third kappa shape index (κ3) is 3.76. The smallest absolute Gasteiger partial charge is 0.272 e. The number of likely N-dealkylation sites (N-methyl/N-ethyl adjacent to an activating group) is 1. The largest absolute Gasteiger partial charge is 0.335 e. The Morgan fingerprint density at radius 2 is 1.69 bits per heavy atom. The fourth-order valence-electron chi connectivity index (χ4n) is 4.12. The Morgan fingerprint density at radius 1 is 0.969 bits per heavy atom. The first-order valence-electron chi connectivity index (χ1n) is 10.9. The van der Waals surface area contributed by atoms with Crippen LogP contribution in [0.1, 0.15) is 17.4 Å². The summed E-state index contributed by atoms with van der Waals surface area (Å²) in [6.45, 7) is 6.09. The molecular weight excluding hydrogens is 405 g/mol. The van der Waals surface area contributed by atoms with Gasteiger partial charge in [-0.2, -0.15) is 5.10 Å². The molecule has 1 aliphatic rings. The lowest BCUT2D eigenvalue weighted by Gasteiger charge is -2.33. The highest BCUT2D eigenvalue weighted by atomic mass is 19.1. The second-order valence-electron chi connectivity index (χ2n) is 7.90. The van der Waals surface area contributed by atoms with Gasteiger partial charge in [0.1, 0.15) is 11.5 Å². The first-order valence-corrected chi connectivity index (χ1v) is 10.9. The molecule has 32 heavy (non-hydrogen) atoms. The summed E-state index contributed by atoms with van der Waals surface area (Å²) in [5, 5.41) is 4.69. The van der Waals surface area contributed by atoms with Gasteiger partial charge in [0.05, 0.1) is 11.4 Å². The van der Waals surface area contributed by atoms with Crippen molar-refractivity contribution in [1.29, 1.82) is 0 Å². The Bertz CT molecular complexity index is 1260. The molecule has 1 saturated heterocycles. The quantitative estimate of drug-likeness (QED) is 0.492. The SMILES string of the molecule is CCN1CCN(C(=O)c2cc(-c3ccccc3F)n3nc(-c4ccccc4)cc3n2)CC1. The minimum absolute atomic E-state index is 0.136. The Hall–Kier alpha value is -3.58. The van der Waals surface area contributed by atoms with Crippen LogP contribution in [0.25, 0.3) is 28.2 Å². The Morgan fingerprint density at radius 3 is 2.41 bits per heavy atom. The number of aromatic nitrogens is 3. The molecule has 4 aromatic rings. The molecule has 0 N–H and O–H groups in total. The molecule has 7 heteroatoms. The average molecular weight is 429 g/mol. The summed E-state index contributed by atoms with van der Waals surface area (Å²) in [7, 11) is 0. The molecule has 0 spiro atoms. The fourth-order valence-corrected chi connectivity index (χ4v) is 4.12. The molecule has 2 aromatic carbocycles. The first-order chi connectivity index (χ1) is 15.6. The average Bonchev–Trinajstić information content (AvgIpc) is 3.28. The summed E-state index contributed by atoms with van der Waals surface area (Å²) >= 11 is 0. The van der Waals surface area contributed by atoms with E-state index in [0.29, 0.717) is 35.7 Å². The predicted molar refractivity (Wildman–Crippen MR) is 122 cm³/mol. The minimum Gasteiger partial charge on any atom is -0.335 e. The standard InChI is InChI=1S/C25H24FN5O/c1-2-29-12-14-30(15-13-29)25(32)22-16-23(19-10-6-7-11-20(19)26)31-24(27-22)17-21(28-31)18-8-4-3-5-9-18/h3-11,16-17H,2,12-15H2,1H3. The number of benzene rings is 2. The van der Waals surface area contributed by atoms with E-state index in [9.17, 15) is 9.18 Å². The molecule has 6 nitrogen and oxygen atoms in total. The maximum atomic E-state index is 14.7. The van der Waals surface area contributed by atoms with Gasteiger partial charge in [-0.25, -0.2) is 13.9 Å². The van der Waals surface area contributed by atoms with Crippen LogP contribution in [0.2, 0.25) is 0 Å². The number of hydrogen-bond donors (Lipinski definition) is 0.